The van der Waals surface area contributed by atoms with E-state index in [2.05, 4.69) is 20.8 Å². The number of halogens is 4. The van der Waals surface area contributed by atoms with Crippen LogP contribution in [-0.2, 0) is 6.18 Å². The molecule has 2 atom stereocenters. The zero-order valence-electron chi connectivity index (χ0n) is 11.9. The number of hydrogen-bond acceptors (Lipinski definition) is 3. The highest BCUT2D eigenvalue weighted by Crippen LogP contribution is 2.44. The third kappa shape index (κ3) is 3.35. The summed E-state index contributed by atoms with van der Waals surface area (Å²) in [5.41, 5.74) is 5.74. The molecule has 1 aromatic rings. The van der Waals surface area contributed by atoms with E-state index in [4.69, 9.17) is 10.5 Å². The smallest absolute Gasteiger partial charge is 0.416 e. The van der Waals surface area contributed by atoms with Gasteiger partial charge in [0.25, 0.3) is 0 Å². The fourth-order valence-corrected chi connectivity index (χ4v) is 3.57. The molecular formula is C14H18BrF3N2O. The molecule has 2 rings (SSSR count). The highest BCUT2D eigenvalue weighted by atomic mass is 79.9. The quantitative estimate of drug-likeness (QED) is 0.890. The zero-order chi connectivity index (χ0) is 15.8. The molecule has 1 aliphatic heterocycles. The summed E-state index contributed by atoms with van der Waals surface area (Å²) in [7, 11) is 3.34. The number of hydrogen-bond donors (Lipinski definition) is 1. The van der Waals surface area contributed by atoms with E-state index < -0.39 is 11.7 Å². The van der Waals surface area contributed by atoms with E-state index in [0.29, 0.717) is 16.9 Å². The number of rotatable bonds is 3. The van der Waals surface area contributed by atoms with Crippen LogP contribution in [0.3, 0.4) is 0 Å². The molecule has 0 spiro atoms. The van der Waals surface area contributed by atoms with Crippen LogP contribution in [0.4, 0.5) is 13.2 Å². The van der Waals surface area contributed by atoms with Crippen LogP contribution in [0, 0.1) is 5.92 Å². The Labute approximate surface area is 130 Å². The van der Waals surface area contributed by atoms with Gasteiger partial charge in [-0.1, -0.05) is 15.9 Å². The fraction of sp³-hybridized carbons (Fsp3) is 0.571. The molecule has 0 saturated carbocycles. The SMILES string of the molecule is COc1cc(C(F)(F)F)cc(Br)c1C1CC(CN)CN1C. The molecule has 2 N–H and O–H groups in total. The molecule has 1 aliphatic rings. The van der Waals surface area contributed by atoms with Crippen LogP contribution in [0.1, 0.15) is 23.6 Å². The highest BCUT2D eigenvalue weighted by Gasteiger charge is 2.36. The average molecular weight is 367 g/mol. The number of likely N-dealkylation sites (tertiary alicyclic amines) is 1. The normalized spacial score (nSPS) is 23.6. The third-order valence-corrected chi connectivity index (χ3v) is 4.60. The van der Waals surface area contributed by atoms with Gasteiger partial charge in [0.05, 0.1) is 12.7 Å². The van der Waals surface area contributed by atoms with Crippen LogP contribution in [0.5, 0.6) is 5.75 Å². The minimum absolute atomic E-state index is 0.00478. The lowest BCUT2D eigenvalue weighted by Gasteiger charge is -2.24. The number of nitrogens with zero attached hydrogens (tertiary/aromatic N) is 1. The van der Waals surface area contributed by atoms with Gasteiger partial charge in [-0.3, -0.25) is 4.90 Å². The topological polar surface area (TPSA) is 38.5 Å². The molecule has 3 nitrogen and oxygen atoms in total. The Bertz CT molecular complexity index is 522. The lowest BCUT2D eigenvalue weighted by Crippen LogP contribution is -2.21. The molecule has 1 fully saturated rings. The van der Waals surface area contributed by atoms with Crippen molar-refractivity contribution in [1.29, 1.82) is 0 Å². The van der Waals surface area contributed by atoms with E-state index in [1.54, 1.807) is 0 Å². The summed E-state index contributed by atoms with van der Waals surface area (Å²) >= 11 is 3.27. The third-order valence-electron chi connectivity index (χ3n) is 3.94. The van der Waals surface area contributed by atoms with Crippen molar-refractivity contribution in [1.82, 2.24) is 4.90 Å². The molecule has 0 amide bonds. The van der Waals surface area contributed by atoms with E-state index in [9.17, 15) is 13.2 Å². The maximum absolute atomic E-state index is 12.9. The van der Waals surface area contributed by atoms with Gasteiger partial charge in [-0.05, 0) is 38.1 Å². The molecular weight excluding hydrogens is 349 g/mol. The second-order valence-electron chi connectivity index (χ2n) is 5.36. The van der Waals surface area contributed by atoms with Crippen molar-refractivity contribution < 1.29 is 17.9 Å². The molecule has 7 heteroatoms. The van der Waals surface area contributed by atoms with Gasteiger partial charge in [-0.2, -0.15) is 13.2 Å². The summed E-state index contributed by atoms with van der Waals surface area (Å²) < 4.78 is 44.3. The fourth-order valence-electron chi connectivity index (χ4n) is 2.86. The first kappa shape index (κ1) is 16.6. The predicted octanol–water partition coefficient (Wildman–Crippen LogP) is 3.43. The Kier molecular flexibility index (Phi) is 4.85. The lowest BCUT2D eigenvalue weighted by molar-refractivity contribution is -0.137. The van der Waals surface area contributed by atoms with E-state index in [-0.39, 0.29) is 11.8 Å². The lowest BCUT2D eigenvalue weighted by atomic mass is 9.97. The monoisotopic (exact) mass is 366 g/mol. The molecule has 0 aromatic heterocycles. The van der Waals surface area contributed by atoms with Crippen LogP contribution < -0.4 is 10.5 Å². The van der Waals surface area contributed by atoms with Gasteiger partial charge >= 0.3 is 6.18 Å². The Balaban J connectivity index is 2.45. The number of methoxy groups -OCH3 is 1. The van der Waals surface area contributed by atoms with Gasteiger partial charge in [0, 0.05) is 22.6 Å². The summed E-state index contributed by atoms with van der Waals surface area (Å²) in [5, 5.41) is 0. The van der Waals surface area contributed by atoms with Crippen molar-refractivity contribution in [2.45, 2.75) is 18.6 Å². The first-order valence-corrected chi connectivity index (χ1v) is 7.42. The molecule has 0 aliphatic carbocycles. The first-order chi connectivity index (χ1) is 9.77. The molecule has 1 saturated heterocycles. The molecule has 1 aromatic carbocycles. The van der Waals surface area contributed by atoms with Gasteiger partial charge in [-0.25, -0.2) is 0 Å². The number of benzene rings is 1. The summed E-state index contributed by atoms with van der Waals surface area (Å²) in [6.45, 7) is 1.40. The van der Waals surface area contributed by atoms with Crippen LogP contribution in [0.25, 0.3) is 0 Å². The Morgan fingerprint density at radius 2 is 2.10 bits per heavy atom. The van der Waals surface area contributed by atoms with Crippen LogP contribution in [0.15, 0.2) is 16.6 Å². The van der Waals surface area contributed by atoms with Crippen LogP contribution >= 0.6 is 15.9 Å². The van der Waals surface area contributed by atoms with E-state index in [0.717, 1.165) is 30.7 Å². The second-order valence-corrected chi connectivity index (χ2v) is 6.22. The van der Waals surface area contributed by atoms with Crippen molar-refractivity contribution in [2.75, 3.05) is 27.2 Å². The zero-order valence-corrected chi connectivity index (χ0v) is 13.5. The summed E-state index contributed by atoms with van der Waals surface area (Å²) in [6.07, 6.45) is -3.58. The largest absolute Gasteiger partial charge is 0.496 e. The Morgan fingerprint density at radius 1 is 1.43 bits per heavy atom. The van der Waals surface area contributed by atoms with E-state index in [1.165, 1.54) is 7.11 Å². The molecule has 0 radical (unpaired) electrons. The van der Waals surface area contributed by atoms with Crippen molar-refractivity contribution >= 4 is 15.9 Å². The minimum Gasteiger partial charge on any atom is -0.496 e. The van der Waals surface area contributed by atoms with Crippen molar-refractivity contribution in [3.8, 4) is 5.75 Å². The van der Waals surface area contributed by atoms with Gasteiger partial charge in [0.15, 0.2) is 0 Å². The number of alkyl halides is 3. The summed E-state index contributed by atoms with van der Waals surface area (Å²) in [4.78, 5) is 2.10. The number of ether oxygens (including phenoxy) is 1. The number of nitrogens with two attached hydrogens (primary N) is 1. The summed E-state index contributed by atoms with van der Waals surface area (Å²) in [6, 6.07) is 2.18. The molecule has 118 valence electrons. The Morgan fingerprint density at radius 3 is 2.57 bits per heavy atom. The van der Waals surface area contributed by atoms with Crippen molar-refractivity contribution in [3.05, 3.63) is 27.7 Å². The molecule has 21 heavy (non-hydrogen) atoms. The maximum atomic E-state index is 12.9. The van der Waals surface area contributed by atoms with Crippen molar-refractivity contribution in [3.63, 3.8) is 0 Å². The molecule has 1 heterocycles. The van der Waals surface area contributed by atoms with Crippen molar-refractivity contribution in [2.24, 2.45) is 11.7 Å². The average Bonchev–Trinajstić information content (AvgIpc) is 2.77. The molecule has 2 unspecified atom stereocenters. The summed E-state index contributed by atoms with van der Waals surface area (Å²) in [5.74, 6) is 0.602. The minimum atomic E-state index is -4.39. The standard InChI is InChI=1S/C14H18BrF3N2O/c1-20-7-8(6-19)3-11(20)13-10(15)4-9(14(16,17)18)5-12(13)21-2/h4-5,8,11H,3,6-7,19H2,1-2H3. The van der Waals surface area contributed by atoms with Gasteiger partial charge in [-0.15, -0.1) is 0 Å². The Hall–Kier alpha value is -0.790. The highest BCUT2D eigenvalue weighted by molar-refractivity contribution is 9.10. The van der Waals surface area contributed by atoms with Gasteiger partial charge in [0.2, 0.25) is 0 Å². The molecule has 0 bridgehead atoms. The second kappa shape index (κ2) is 6.14. The van der Waals surface area contributed by atoms with Gasteiger partial charge in [0.1, 0.15) is 5.75 Å². The predicted molar refractivity (Wildman–Crippen MR) is 78.2 cm³/mol. The van der Waals surface area contributed by atoms with E-state index in [1.807, 2.05) is 7.05 Å². The first-order valence-electron chi connectivity index (χ1n) is 6.62. The van der Waals surface area contributed by atoms with E-state index >= 15 is 0 Å². The maximum Gasteiger partial charge on any atom is 0.416 e. The van der Waals surface area contributed by atoms with Crippen LogP contribution in [-0.4, -0.2) is 32.1 Å². The van der Waals surface area contributed by atoms with Gasteiger partial charge < -0.3 is 10.5 Å². The van der Waals surface area contributed by atoms with Crippen LogP contribution in [0.2, 0.25) is 0 Å².